The Morgan fingerprint density at radius 3 is 2.64 bits per heavy atom. The Labute approximate surface area is 137 Å². The maximum atomic E-state index is 13.5. The summed E-state index contributed by atoms with van der Waals surface area (Å²) < 4.78 is 16.2. The third kappa shape index (κ3) is 3.14. The number of pyridine rings is 1. The van der Waals surface area contributed by atoms with Crippen molar-refractivity contribution >= 4 is 27.0 Å². The van der Waals surface area contributed by atoms with Crippen LogP contribution in [-0.2, 0) is 7.05 Å². The quantitative estimate of drug-likeness (QED) is 0.639. The van der Waals surface area contributed by atoms with Gasteiger partial charge in [0.15, 0.2) is 11.6 Å². The summed E-state index contributed by atoms with van der Waals surface area (Å²) in [5, 5.41) is 10.7. The topological polar surface area (TPSA) is 38.0 Å². The number of phenolic OH excluding ortho intramolecular Hbond substituents is 1. The second kappa shape index (κ2) is 6.92. The van der Waals surface area contributed by atoms with Crippen molar-refractivity contribution < 1.29 is 9.50 Å². The van der Waals surface area contributed by atoms with E-state index in [1.54, 1.807) is 18.3 Å². The second-order valence-corrected chi connectivity index (χ2v) is 5.94. The van der Waals surface area contributed by atoms with Gasteiger partial charge in [-0.1, -0.05) is 32.4 Å². The Balaban J connectivity index is 0.000000545. The van der Waals surface area contributed by atoms with Gasteiger partial charge in [0, 0.05) is 40.4 Å². The smallest absolute Gasteiger partial charge is 0.165 e. The lowest BCUT2D eigenvalue weighted by molar-refractivity contribution is 0.434. The number of aromatic nitrogens is 2. The minimum atomic E-state index is -0.627. The minimum Gasteiger partial charge on any atom is -0.504 e. The Kier molecular flexibility index (Phi) is 5.19. The van der Waals surface area contributed by atoms with Crippen molar-refractivity contribution in [2.45, 2.75) is 20.3 Å². The van der Waals surface area contributed by atoms with Gasteiger partial charge in [-0.3, -0.25) is 0 Å². The van der Waals surface area contributed by atoms with Crippen LogP contribution in [-0.4, -0.2) is 14.7 Å². The molecule has 3 nitrogen and oxygen atoms in total. The molecule has 1 aromatic carbocycles. The molecule has 3 rings (SSSR count). The molecule has 0 unspecified atom stereocenters. The molecule has 0 aliphatic rings. The van der Waals surface area contributed by atoms with Gasteiger partial charge >= 0.3 is 0 Å². The van der Waals surface area contributed by atoms with Gasteiger partial charge in [-0.05, 0) is 28.1 Å². The molecule has 3 aromatic rings. The van der Waals surface area contributed by atoms with Gasteiger partial charge in [0.05, 0.1) is 0 Å². The highest BCUT2D eigenvalue weighted by Gasteiger charge is 2.15. The first kappa shape index (κ1) is 16.5. The molecular weight excluding hydrogens is 347 g/mol. The van der Waals surface area contributed by atoms with Crippen LogP contribution in [0.25, 0.3) is 22.2 Å². The van der Waals surface area contributed by atoms with Crippen molar-refractivity contribution in [1.82, 2.24) is 9.55 Å². The molecule has 2 heterocycles. The first-order chi connectivity index (χ1) is 10.5. The lowest BCUT2D eigenvalue weighted by Crippen LogP contribution is -1.86. The molecule has 5 heteroatoms. The molecule has 0 amide bonds. The van der Waals surface area contributed by atoms with Gasteiger partial charge in [0.2, 0.25) is 0 Å². The fourth-order valence-corrected chi connectivity index (χ4v) is 2.51. The molecule has 0 aliphatic carbocycles. The summed E-state index contributed by atoms with van der Waals surface area (Å²) in [7, 11) is 1.86. The summed E-state index contributed by atoms with van der Waals surface area (Å²) in [4.78, 5) is 4.32. The Morgan fingerprint density at radius 2 is 1.95 bits per heavy atom. The van der Waals surface area contributed by atoms with Crippen LogP contribution in [0, 0.1) is 5.82 Å². The minimum absolute atomic E-state index is 0.338. The largest absolute Gasteiger partial charge is 0.504 e. The summed E-state index contributed by atoms with van der Waals surface area (Å²) in [5.74, 6) is -0.965. The fourth-order valence-electron chi connectivity index (χ4n) is 2.18. The predicted octanol–water partition coefficient (Wildman–Crippen LogP) is 5.26. The third-order valence-corrected chi connectivity index (χ3v) is 3.49. The number of hydrogen-bond acceptors (Lipinski definition) is 2. The van der Waals surface area contributed by atoms with Crippen LogP contribution in [0.3, 0.4) is 0 Å². The van der Waals surface area contributed by atoms with Gasteiger partial charge < -0.3 is 9.67 Å². The van der Waals surface area contributed by atoms with E-state index in [-0.39, 0.29) is 5.75 Å². The monoisotopic (exact) mass is 364 g/mol. The SMILES string of the molecule is CCC.Cn1cc(-c2cccc(F)c2O)c2cc(Br)cnc21. The Bertz CT molecular complexity index is 799. The molecule has 116 valence electrons. The standard InChI is InChI=1S/C14H10BrFN2O.C3H8/c1-18-7-11(9-3-2-4-12(16)13(9)19)10-5-8(15)6-17-14(10)18;1-3-2/h2-7,19H,1H3;3H2,1-2H3. The van der Waals surface area contributed by atoms with E-state index in [9.17, 15) is 9.50 Å². The molecule has 0 saturated carbocycles. The molecule has 0 fully saturated rings. The molecule has 2 aromatic heterocycles. The molecule has 1 N–H and O–H groups in total. The van der Waals surface area contributed by atoms with Crippen molar-refractivity contribution in [2.75, 3.05) is 0 Å². The van der Waals surface area contributed by atoms with Gasteiger partial charge in [-0.25, -0.2) is 9.37 Å². The van der Waals surface area contributed by atoms with Crippen LogP contribution in [0.1, 0.15) is 20.3 Å². The summed E-state index contributed by atoms with van der Waals surface area (Å²) in [6, 6.07) is 6.41. The third-order valence-electron chi connectivity index (χ3n) is 3.06. The summed E-state index contributed by atoms with van der Waals surface area (Å²) in [6.07, 6.45) is 4.79. The van der Waals surface area contributed by atoms with E-state index in [1.807, 2.05) is 23.9 Å². The number of benzene rings is 1. The van der Waals surface area contributed by atoms with Gasteiger partial charge in [-0.15, -0.1) is 0 Å². The zero-order valence-corrected chi connectivity index (χ0v) is 14.4. The zero-order valence-electron chi connectivity index (χ0n) is 12.8. The number of rotatable bonds is 1. The van der Waals surface area contributed by atoms with Crippen molar-refractivity contribution in [1.29, 1.82) is 0 Å². The number of fused-ring (bicyclic) bond motifs is 1. The van der Waals surface area contributed by atoms with Crippen LogP contribution < -0.4 is 0 Å². The van der Waals surface area contributed by atoms with Crippen LogP contribution in [0.4, 0.5) is 4.39 Å². The van der Waals surface area contributed by atoms with Crippen LogP contribution in [0.5, 0.6) is 5.75 Å². The van der Waals surface area contributed by atoms with E-state index >= 15 is 0 Å². The fraction of sp³-hybridized carbons (Fsp3) is 0.235. The highest BCUT2D eigenvalue weighted by molar-refractivity contribution is 9.10. The highest BCUT2D eigenvalue weighted by atomic mass is 79.9. The number of nitrogens with zero attached hydrogens (tertiary/aromatic N) is 2. The second-order valence-electron chi connectivity index (χ2n) is 5.02. The molecule has 0 bridgehead atoms. The van der Waals surface area contributed by atoms with Crippen LogP contribution in [0.15, 0.2) is 41.1 Å². The molecule has 0 saturated heterocycles. The van der Waals surface area contributed by atoms with Gasteiger partial charge in [0.1, 0.15) is 5.65 Å². The van der Waals surface area contributed by atoms with E-state index in [0.717, 1.165) is 21.1 Å². The number of aryl methyl sites for hydroxylation is 1. The van der Waals surface area contributed by atoms with Crippen LogP contribution in [0.2, 0.25) is 0 Å². The maximum Gasteiger partial charge on any atom is 0.165 e. The number of para-hydroxylation sites is 1. The molecule has 0 spiro atoms. The molecule has 0 aliphatic heterocycles. The highest BCUT2D eigenvalue weighted by Crippen LogP contribution is 2.36. The zero-order chi connectivity index (χ0) is 16.3. The summed E-state index contributed by atoms with van der Waals surface area (Å²) >= 11 is 3.37. The van der Waals surface area contributed by atoms with Crippen molar-refractivity contribution in [3.63, 3.8) is 0 Å². The summed E-state index contributed by atoms with van der Waals surface area (Å²) in [6.45, 7) is 4.25. The number of phenols is 1. The van der Waals surface area contributed by atoms with Gasteiger partial charge in [0.25, 0.3) is 0 Å². The summed E-state index contributed by atoms with van der Waals surface area (Å²) in [5.41, 5.74) is 2.00. The van der Waals surface area contributed by atoms with Crippen LogP contribution >= 0.6 is 15.9 Å². The number of halogens is 2. The molecular formula is C17H18BrFN2O. The van der Waals surface area contributed by atoms with E-state index in [0.29, 0.717) is 5.56 Å². The average Bonchev–Trinajstić information content (AvgIpc) is 2.79. The predicted molar refractivity (Wildman–Crippen MR) is 91.4 cm³/mol. The number of hydrogen-bond donors (Lipinski definition) is 1. The van der Waals surface area contributed by atoms with E-state index in [1.165, 1.54) is 12.5 Å². The molecule has 22 heavy (non-hydrogen) atoms. The first-order valence-corrected chi connectivity index (χ1v) is 7.87. The van der Waals surface area contributed by atoms with Crippen molar-refractivity contribution in [2.24, 2.45) is 7.05 Å². The molecule has 0 radical (unpaired) electrons. The first-order valence-electron chi connectivity index (χ1n) is 7.08. The van der Waals surface area contributed by atoms with E-state index < -0.39 is 5.82 Å². The van der Waals surface area contributed by atoms with Gasteiger partial charge in [-0.2, -0.15) is 0 Å². The normalized spacial score (nSPS) is 10.4. The van der Waals surface area contributed by atoms with E-state index in [4.69, 9.17) is 0 Å². The number of aromatic hydroxyl groups is 1. The van der Waals surface area contributed by atoms with E-state index in [2.05, 4.69) is 34.8 Å². The Morgan fingerprint density at radius 1 is 1.27 bits per heavy atom. The molecule has 0 atom stereocenters. The van der Waals surface area contributed by atoms with Crippen molar-refractivity contribution in [3.8, 4) is 16.9 Å². The average molecular weight is 365 g/mol. The lowest BCUT2D eigenvalue weighted by atomic mass is 10.0. The van der Waals surface area contributed by atoms with Crippen molar-refractivity contribution in [3.05, 3.63) is 46.9 Å². The lowest BCUT2D eigenvalue weighted by Gasteiger charge is -2.03. The maximum absolute atomic E-state index is 13.5. The Hall–Kier alpha value is -1.88.